The summed E-state index contributed by atoms with van der Waals surface area (Å²) in [5, 5.41) is 0. The highest BCUT2D eigenvalue weighted by atomic mass is 16.7. The molecule has 4 nitrogen and oxygen atoms in total. The number of carbonyl (C=O) groups is 2. The first-order valence-electron chi connectivity index (χ1n) is 5.56. The van der Waals surface area contributed by atoms with Crippen molar-refractivity contribution in [2.75, 3.05) is 0 Å². The van der Waals surface area contributed by atoms with E-state index in [1.807, 2.05) is 0 Å². The van der Waals surface area contributed by atoms with E-state index in [2.05, 4.69) is 17.2 Å². The van der Waals surface area contributed by atoms with Crippen molar-refractivity contribution in [3.05, 3.63) is 12.3 Å². The maximum absolute atomic E-state index is 11.2. The lowest BCUT2D eigenvalue weighted by atomic mass is 10.2. The van der Waals surface area contributed by atoms with E-state index < -0.39 is 6.16 Å². The average Bonchev–Trinajstić information content (AvgIpc) is 2.96. The smallest absolute Gasteiger partial charge is 0.430 e. The molecule has 0 spiro atoms. The lowest BCUT2D eigenvalue weighted by Crippen LogP contribution is -2.12. The molecule has 17 heavy (non-hydrogen) atoms. The highest BCUT2D eigenvalue weighted by molar-refractivity contribution is 5.92. The maximum atomic E-state index is 11.2. The van der Waals surface area contributed by atoms with E-state index in [-0.39, 0.29) is 17.6 Å². The number of hydrogen-bond donors (Lipinski definition) is 0. The van der Waals surface area contributed by atoms with Crippen LogP contribution in [-0.2, 0) is 14.3 Å². The summed E-state index contributed by atoms with van der Waals surface area (Å²) in [6.07, 6.45) is 7.67. The summed E-state index contributed by atoms with van der Waals surface area (Å²) in [7, 11) is 0. The molecule has 0 aromatic rings. The molecule has 0 heterocycles. The molecule has 0 aliphatic heterocycles. The predicted octanol–water partition coefficient (Wildman–Crippen LogP) is 2.43. The van der Waals surface area contributed by atoms with Crippen LogP contribution >= 0.6 is 0 Å². The van der Waals surface area contributed by atoms with Gasteiger partial charge in [-0.1, -0.05) is 6.58 Å². The van der Waals surface area contributed by atoms with Crippen molar-refractivity contribution >= 4 is 11.9 Å². The van der Waals surface area contributed by atoms with Gasteiger partial charge in [-0.25, -0.2) is 4.79 Å². The molecule has 1 aliphatic rings. The Labute approximate surface area is 101 Å². The van der Waals surface area contributed by atoms with Gasteiger partial charge in [0.2, 0.25) is 0 Å². The Morgan fingerprint density at radius 2 is 2.24 bits per heavy atom. The van der Waals surface area contributed by atoms with Crippen molar-refractivity contribution in [1.29, 1.82) is 0 Å². The quantitative estimate of drug-likeness (QED) is 0.234. The van der Waals surface area contributed by atoms with E-state index in [0.29, 0.717) is 5.92 Å². The van der Waals surface area contributed by atoms with E-state index in [1.54, 1.807) is 0 Å². The van der Waals surface area contributed by atoms with Crippen LogP contribution in [0.2, 0.25) is 0 Å². The zero-order valence-corrected chi connectivity index (χ0v) is 9.90. The van der Waals surface area contributed by atoms with Gasteiger partial charge in [-0.2, -0.15) is 0 Å². The summed E-state index contributed by atoms with van der Waals surface area (Å²) >= 11 is 0. The van der Waals surface area contributed by atoms with Crippen molar-refractivity contribution in [3.63, 3.8) is 0 Å². The second-order valence-electron chi connectivity index (χ2n) is 4.08. The first kappa shape index (κ1) is 13.3. The highest BCUT2D eigenvalue weighted by Gasteiger charge is 2.40. The number of ketones is 1. The fourth-order valence-corrected chi connectivity index (χ4v) is 1.45. The minimum Gasteiger partial charge on any atom is -0.430 e. The van der Waals surface area contributed by atoms with E-state index in [0.717, 1.165) is 25.7 Å². The van der Waals surface area contributed by atoms with Gasteiger partial charge in [-0.15, -0.1) is 12.3 Å². The molecule has 0 radical (unpaired) electrons. The third-order valence-electron chi connectivity index (χ3n) is 2.60. The molecular weight excluding hydrogens is 220 g/mol. The minimum absolute atomic E-state index is 0.0972. The molecule has 2 unspecified atom stereocenters. The van der Waals surface area contributed by atoms with Crippen LogP contribution in [0.25, 0.3) is 0 Å². The lowest BCUT2D eigenvalue weighted by molar-refractivity contribution is -0.116. The Morgan fingerprint density at radius 1 is 1.53 bits per heavy atom. The molecule has 1 aliphatic carbocycles. The monoisotopic (exact) mass is 236 g/mol. The van der Waals surface area contributed by atoms with Crippen molar-refractivity contribution in [2.24, 2.45) is 5.92 Å². The van der Waals surface area contributed by atoms with Gasteiger partial charge < -0.3 is 9.47 Å². The number of ether oxygens (including phenoxy) is 2. The Morgan fingerprint density at radius 3 is 2.82 bits per heavy atom. The number of Topliss-reactive ketones (excluding diaryl/α,β-unsaturated/α-hetero) is 1. The van der Waals surface area contributed by atoms with Crippen molar-refractivity contribution < 1.29 is 19.1 Å². The standard InChI is InChI=1S/C13H16O4/c1-4-5-6-7-11-8-12(11)17-13(15)16-10(3)9(2)14/h1,11-12H,3,5-8H2,2H3. The van der Waals surface area contributed by atoms with Crippen molar-refractivity contribution in [1.82, 2.24) is 0 Å². The Hall–Kier alpha value is -1.76. The first-order valence-corrected chi connectivity index (χ1v) is 5.56. The molecule has 1 saturated carbocycles. The summed E-state index contributed by atoms with van der Waals surface area (Å²) in [5.74, 6) is 2.36. The molecule has 1 rings (SSSR count). The van der Waals surface area contributed by atoms with Crippen LogP contribution in [-0.4, -0.2) is 18.0 Å². The van der Waals surface area contributed by atoms with Crippen LogP contribution in [0.5, 0.6) is 0 Å². The van der Waals surface area contributed by atoms with Gasteiger partial charge in [-0.05, 0) is 25.2 Å². The topological polar surface area (TPSA) is 52.6 Å². The van der Waals surface area contributed by atoms with Gasteiger partial charge in [0.1, 0.15) is 6.10 Å². The van der Waals surface area contributed by atoms with Crippen molar-refractivity contribution in [3.8, 4) is 12.3 Å². The van der Waals surface area contributed by atoms with E-state index in [1.165, 1.54) is 6.92 Å². The van der Waals surface area contributed by atoms with Gasteiger partial charge in [-0.3, -0.25) is 4.79 Å². The van der Waals surface area contributed by atoms with E-state index in [4.69, 9.17) is 11.2 Å². The zero-order valence-electron chi connectivity index (χ0n) is 9.90. The van der Waals surface area contributed by atoms with Gasteiger partial charge in [0.15, 0.2) is 11.5 Å². The molecule has 0 aromatic heterocycles. The van der Waals surface area contributed by atoms with Gasteiger partial charge in [0, 0.05) is 13.3 Å². The summed E-state index contributed by atoms with van der Waals surface area (Å²) in [5.41, 5.74) is 0. The molecule has 0 N–H and O–H groups in total. The zero-order chi connectivity index (χ0) is 12.8. The van der Waals surface area contributed by atoms with Gasteiger partial charge >= 0.3 is 6.16 Å². The molecule has 1 fully saturated rings. The SMILES string of the molecule is C#CCCCC1CC1OC(=O)OC(=C)C(C)=O. The third kappa shape index (κ3) is 4.73. The molecule has 4 heteroatoms. The number of allylic oxidation sites excluding steroid dienone is 1. The number of unbranched alkanes of at least 4 members (excludes halogenated alkanes) is 1. The molecule has 0 bridgehead atoms. The van der Waals surface area contributed by atoms with Crippen LogP contribution < -0.4 is 0 Å². The summed E-state index contributed by atoms with van der Waals surface area (Å²) in [6, 6.07) is 0. The maximum Gasteiger partial charge on any atom is 0.514 e. The van der Waals surface area contributed by atoms with Gasteiger partial charge in [0.05, 0.1) is 0 Å². The van der Waals surface area contributed by atoms with Crippen LogP contribution in [0, 0.1) is 18.3 Å². The summed E-state index contributed by atoms with van der Waals surface area (Å²) in [6.45, 7) is 4.58. The molecule has 0 amide bonds. The normalized spacial score (nSPS) is 21.2. The first-order chi connectivity index (χ1) is 8.04. The molecule has 92 valence electrons. The van der Waals surface area contributed by atoms with Crippen LogP contribution in [0.3, 0.4) is 0 Å². The van der Waals surface area contributed by atoms with Crippen molar-refractivity contribution in [2.45, 2.75) is 38.7 Å². The summed E-state index contributed by atoms with van der Waals surface area (Å²) in [4.78, 5) is 22.0. The van der Waals surface area contributed by atoms with Crippen LogP contribution in [0.1, 0.15) is 32.6 Å². The predicted molar refractivity (Wildman–Crippen MR) is 62.0 cm³/mol. The minimum atomic E-state index is -0.852. The number of hydrogen-bond acceptors (Lipinski definition) is 4. The number of terminal acetylenes is 1. The van der Waals surface area contributed by atoms with Crippen LogP contribution in [0.4, 0.5) is 4.79 Å². The number of carbonyl (C=O) groups excluding carboxylic acids is 2. The molecule has 0 saturated heterocycles. The Bertz CT molecular complexity index is 364. The fourth-order valence-electron chi connectivity index (χ4n) is 1.45. The molecular formula is C13H16O4. The summed E-state index contributed by atoms with van der Waals surface area (Å²) < 4.78 is 9.60. The highest BCUT2D eigenvalue weighted by Crippen LogP contribution is 2.38. The second kappa shape index (κ2) is 6.09. The van der Waals surface area contributed by atoms with Crippen LogP contribution in [0.15, 0.2) is 12.3 Å². The van der Waals surface area contributed by atoms with E-state index >= 15 is 0 Å². The van der Waals surface area contributed by atoms with Gasteiger partial charge in [0.25, 0.3) is 0 Å². The third-order valence-corrected chi connectivity index (χ3v) is 2.60. The lowest BCUT2D eigenvalue weighted by Gasteiger charge is -2.05. The van der Waals surface area contributed by atoms with E-state index in [9.17, 15) is 9.59 Å². The largest absolute Gasteiger partial charge is 0.514 e. The Balaban J connectivity index is 2.16. The average molecular weight is 236 g/mol. The Kier molecular flexibility index (Phi) is 4.77. The molecule has 2 atom stereocenters. The molecule has 0 aromatic carbocycles. The second-order valence-corrected chi connectivity index (χ2v) is 4.08. The number of rotatable bonds is 6. The fraction of sp³-hybridized carbons (Fsp3) is 0.538.